The first kappa shape index (κ1) is 14.5. The van der Waals surface area contributed by atoms with E-state index >= 15 is 0 Å². The second-order valence-electron chi connectivity index (χ2n) is 4.89. The largest absolute Gasteiger partial charge is 0.315 e. The Hall–Kier alpha value is -0.910. The highest BCUT2D eigenvalue weighted by Crippen LogP contribution is 2.24. The number of hydrogen-bond donors (Lipinski definition) is 1. The molecule has 1 unspecified atom stereocenters. The van der Waals surface area contributed by atoms with Crippen molar-refractivity contribution >= 4 is 10.0 Å². The Balaban J connectivity index is 2.21. The van der Waals surface area contributed by atoms with Crippen LogP contribution in [0.25, 0.3) is 0 Å². The zero-order valence-electron chi connectivity index (χ0n) is 11.4. The van der Waals surface area contributed by atoms with E-state index in [4.69, 9.17) is 0 Å². The van der Waals surface area contributed by atoms with Gasteiger partial charge >= 0.3 is 0 Å². The summed E-state index contributed by atoms with van der Waals surface area (Å²) in [5.74, 6) is 0. The van der Waals surface area contributed by atoms with Gasteiger partial charge in [0.15, 0.2) is 0 Å². The van der Waals surface area contributed by atoms with Gasteiger partial charge in [0.2, 0.25) is 10.0 Å². The standard InChI is InChI=1S/C14H22N2O2S/c1-2-15-12-13-8-6-7-11-16(13)19(17,18)14-9-4-3-5-10-14/h3-5,9-10,13,15H,2,6-8,11-12H2,1H3. The van der Waals surface area contributed by atoms with Crippen LogP contribution in [0.4, 0.5) is 0 Å². The molecule has 1 saturated heterocycles. The molecule has 1 aliphatic rings. The summed E-state index contributed by atoms with van der Waals surface area (Å²) >= 11 is 0. The van der Waals surface area contributed by atoms with Crippen molar-refractivity contribution < 1.29 is 8.42 Å². The molecule has 1 aromatic carbocycles. The quantitative estimate of drug-likeness (QED) is 0.896. The van der Waals surface area contributed by atoms with E-state index in [1.807, 2.05) is 13.0 Å². The topological polar surface area (TPSA) is 49.4 Å². The molecule has 1 N–H and O–H groups in total. The molecule has 1 atom stereocenters. The Labute approximate surface area is 115 Å². The second-order valence-corrected chi connectivity index (χ2v) is 6.78. The van der Waals surface area contributed by atoms with E-state index < -0.39 is 10.0 Å². The monoisotopic (exact) mass is 282 g/mol. The maximum Gasteiger partial charge on any atom is 0.243 e. The summed E-state index contributed by atoms with van der Waals surface area (Å²) in [4.78, 5) is 0.401. The van der Waals surface area contributed by atoms with Gasteiger partial charge in [0.1, 0.15) is 0 Å². The van der Waals surface area contributed by atoms with Gasteiger partial charge in [-0.15, -0.1) is 0 Å². The zero-order chi connectivity index (χ0) is 13.7. The van der Waals surface area contributed by atoms with E-state index in [2.05, 4.69) is 5.32 Å². The minimum Gasteiger partial charge on any atom is -0.315 e. The van der Waals surface area contributed by atoms with Gasteiger partial charge in [-0.25, -0.2) is 8.42 Å². The highest BCUT2D eigenvalue weighted by molar-refractivity contribution is 7.89. The van der Waals surface area contributed by atoms with Crippen LogP contribution in [-0.4, -0.2) is 38.4 Å². The number of rotatable bonds is 5. The Morgan fingerprint density at radius 3 is 2.68 bits per heavy atom. The number of sulfonamides is 1. The van der Waals surface area contributed by atoms with Crippen molar-refractivity contribution in [3.05, 3.63) is 30.3 Å². The van der Waals surface area contributed by atoms with Gasteiger partial charge in [-0.05, 0) is 31.5 Å². The molecule has 5 heteroatoms. The smallest absolute Gasteiger partial charge is 0.243 e. The molecule has 0 aliphatic carbocycles. The minimum absolute atomic E-state index is 0.0823. The Morgan fingerprint density at radius 1 is 1.26 bits per heavy atom. The van der Waals surface area contributed by atoms with Gasteiger partial charge in [0.25, 0.3) is 0 Å². The molecule has 0 saturated carbocycles. The lowest BCUT2D eigenvalue weighted by atomic mass is 10.1. The normalized spacial score (nSPS) is 21.4. The summed E-state index contributed by atoms with van der Waals surface area (Å²) in [6, 6.07) is 8.82. The molecular formula is C14H22N2O2S. The summed E-state index contributed by atoms with van der Waals surface area (Å²) < 4.78 is 27.0. The van der Waals surface area contributed by atoms with Gasteiger partial charge in [-0.3, -0.25) is 0 Å². The van der Waals surface area contributed by atoms with E-state index in [1.165, 1.54) is 0 Å². The van der Waals surface area contributed by atoms with Crippen molar-refractivity contribution in [2.75, 3.05) is 19.6 Å². The number of nitrogens with zero attached hydrogens (tertiary/aromatic N) is 1. The molecule has 1 aliphatic heterocycles. The van der Waals surface area contributed by atoms with Crippen molar-refractivity contribution in [2.45, 2.75) is 37.1 Å². The molecule has 2 rings (SSSR count). The molecular weight excluding hydrogens is 260 g/mol. The molecule has 0 spiro atoms. The molecule has 1 heterocycles. The SMILES string of the molecule is CCNCC1CCCCN1S(=O)(=O)c1ccccc1. The predicted molar refractivity (Wildman–Crippen MR) is 76.5 cm³/mol. The number of nitrogens with one attached hydrogen (secondary N) is 1. The first-order valence-corrected chi connectivity index (χ1v) is 8.38. The Morgan fingerprint density at radius 2 is 2.00 bits per heavy atom. The van der Waals surface area contributed by atoms with Crippen LogP contribution in [0, 0.1) is 0 Å². The molecule has 106 valence electrons. The fraction of sp³-hybridized carbons (Fsp3) is 0.571. The van der Waals surface area contributed by atoms with Crippen LogP contribution in [0.5, 0.6) is 0 Å². The summed E-state index contributed by atoms with van der Waals surface area (Å²) in [5, 5.41) is 3.27. The maximum atomic E-state index is 12.7. The van der Waals surface area contributed by atoms with E-state index in [0.29, 0.717) is 11.4 Å². The highest BCUT2D eigenvalue weighted by Gasteiger charge is 2.32. The van der Waals surface area contributed by atoms with Gasteiger partial charge in [-0.2, -0.15) is 4.31 Å². The number of benzene rings is 1. The van der Waals surface area contributed by atoms with E-state index in [0.717, 1.165) is 32.4 Å². The third-order valence-electron chi connectivity index (χ3n) is 3.55. The highest BCUT2D eigenvalue weighted by atomic mass is 32.2. The molecule has 0 amide bonds. The van der Waals surface area contributed by atoms with Gasteiger partial charge in [0.05, 0.1) is 4.90 Å². The molecule has 1 fully saturated rings. The average molecular weight is 282 g/mol. The predicted octanol–water partition coefficient (Wildman–Crippen LogP) is 1.84. The van der Waals surface area contributed by atoms with Crippen molar-refractivity contribution in [2.24, 2.45) is 0 Å². The van der Waals surface area contributed by atoms with Crippen LogP contribution in [0.3, 0.4) is 0 Å². The Bertz CT molecular complexity index is 487. The van der Waals surface area contributed by atoms with Crippen LogP contribution in [0.1, 0.15) is 26.2 Å². The summed E-state index contributed by atoms with van der Waals surface area (Å²) in [7, 11) is -3.35. The molecule has 19 heavy (non-hydrogen) atoms. The van der Waals surface area contributed by atoms with E-state index in [1.54, 1.807) is 28.6 Å². The van der Waals surface area contributed by atoms with Gasteiger partial charge in [-0.1, -0.05) is 31.5 Å². The van der Waals surface area contributed by atoms with Gasteiger partial charge < -0.3 is 5.32 Å². The first-order valence-electron chi connectivity index (χ1n) is 6.94. The van der Waals surface area contributed by atoms with Crippen molar-refractivity contribution in [3.63, 3.8) is 0 Å². The third-order valence-corrected chi connectivity index (χ3v) is 5.52. The summed E-state index contributed by atoms with van der Waals surface area (Å²) in [6.45, 7) is 4.28. The Kier molecular flexibility index (Phi) is 4.96. The van der Waals surface area contributed by atoms with E-state index in [-0.39, 0.29) is 6.04 Å². The number of likely N-dealkylation sites (N-methyl/N-ethyl adjacent to an activating group) is 1. The van der Waals surface area contributed by atoms with Crippen molar-refractivity contribution in [1.29, 1.82) is 0 Å². The van der Waals surface area contributed by atoms with Crippen LogP contribution < -0.4 is 5.32 Å². The maximum absolute atomic E-state index is 12.7. The van der Waals surface area contributed by atoms with Crippen LogP contribution in [0.2, 0.25) is 0 Å². The molecule has 1 aromatic rings. The fourth-order valence-corrected chi connectivity index (χ4v) is 4.25. The minimum atomic E-state index is -3.35. The molecule has 4 nitrogen and oxygen atoms in total. The average Bonchev–Trinajstić information content (AvgIpc) is 2.46. The van der Waals surface area contributed by atoms with Crippen LogP contribution in [0.15, 0.2) is 35.2 Å². The van der Waals surface area contributed by atoms with Crippen molar-refractivity contribution in [3.8, 4) is 0 Å². The number of piperidine rings is 1. The summed E-state index contributed by atoms with van der Waals surface area (Å²) in [6.07, 6.45) is 3.00. The lowest BCUT2D eigenvalue weighted by Gasteiger charge is -2.34. The second kappa shape index (κ2) is 6.50. The number of hydrogen-bond acceptors (Lipinski definition) is 3. The van der Waals surface area contributed by atoms with Gasteiger partial charge in [0, 0.05) is 19.1 Å². The molecule has 0 radical (unpaired) electrons. The van der Waals surface area contributed by atoms with E-state index in [9.17, 15) is 8.42 Å². The van der Waals surface area contributed by atoms with Crippen molar-refractivity contribution in [1.82, 2.24) is 9.62 Å². The first-order chi connectivity index (χ1) is 9.16. The van der Waals surface area contributed by atoms with Crippen LogP contribution in [-0.2, 0) is 10.0 Å². The third kappa shape index (κ3) is 3.35. The zero-order valence-corrected chi connectivity index (χ0v) is 12.2. The molecule has 0 bridgehead atoms. The lowest BCUT2D eigenvalue weighted by Crippen LogP contribution is -2.48. The molecule has 0 aromatic heterocycles. The van der Waals surface area contributed by atoms with Crippen LogP contribution >= 0.6 is 0 Å². The fourth-order valence-electron chi connectivity index (χ4n) is 2.53. The summed E-state index contributed by atoms with van der Waals surface area (Å²) in [5.41, 5.74) is 0. The lowest BCUT2D eigenvalue weighted by molar-refractivity contribution is 0.246.